The van der Waals surface area contributed by atoms with Crippen LogP contribution in [-0.2, 0) is 11.3 Å². The molecule has 1 aromatic carbocycles. The summed E-state index contributed by atoms with van der Waals surface area (Å²) < 4.78 is 11.0. The van der Waals surface area contributed by atoms with Crippen molar-refractivity contribution in [2.24, 2.45) is 11.1 Å². The van der Waals surface area contributed by atoms with Crippen molar-refractivity contribution in [1.29, 1.82) is 0 Å². The average Bonchev–Trinajstić information content (AvgIpc) is 2.55. The number of carbonyl (C=O) groups is 1. The smallest absolute Gasteiger partial charge is 0.227 e. The second-order valence-corrected chi connectivity index (χ2v) is 5.35. The molecule has 0 bridgehead atoms. The number of benzene rings is 1. The first-order valence-corrected chi connectivity index (χ1v) is 7.52. The topological polar surface area (TPSA) is 73.6 Å². The number of nitrogens with one attached hydrogen (secondary N) is 1. The molecule has 5 heteroatoms. The van der Waals surface area contributed by atoms with Crippen LogP contribution in [0.1, 0.15) is 32.3 Å². The molecule has 1 aromatic rings. The van der Waals surface area contributed by atoms with E-state index in [1.807, 2.05) is 32.0 Å². The van der Waals surface area contributed by atoms with Crippen LogP contribution in [0.25, 0.3) is 0 Å². The summed E-state index contributed by atoms with van der Waals surface area (Å²) in [5.41, 5.74) is 6.32. The van der Waals surface area contributed by atoms with E-state index in [-0.39, 0.29) is 5.91 Å². The molecule has 0 aliphatic carbocycles. The van der Waals surface area contributed by atoms with Gasteiger partial charge in [-0.3, -0.25) is 4.79 Å². The number of carbonyl (C=O) groups excluding carboxylic acids is 1. The van der Waals surface area contributed by atoms with E-state index in [1.165, 1.54) is 0 Å². The van der Waals surface area contributed by atoms with Crippen molar-refractivity contribution in [2.75, 3.05) is 19.8 Å². The Kier molecular flexibility index (Phi) is 5.07. The van der Waals surface area contributed by atoms with Gasteiger partial charge in [0, 0.05) is 13.1 Å². The van der Waals surface area contributed by atoms with Crippen LogP contribution in [0.2, 0.25) is 0 Å². The van der Waals surface area contributed by atoms with Crippen LogP contribution >= 0.6 is 0 Å². The summed E-state index contributed by atoms with van der Waals surface area (Å²) in [6.45, 7) is 5.98. The van der Waals surface area contributed by atoms with E-state index in [2.05, 4.69) is 5.32 Å². The van der Waals surface area contributed by atoms with Crippen LogP contribution < -0.4 is 20.5 Å². The van der Waals surface area contributed by atoms with Gasteiger partial charge in [-0.1, -0.05) is 19.9 Å². The number of rotatable bonds is 6. The lowest BCUT2D eigenvalue weighted by Gasteiger charge is -2.28. The molecular weight excluding hydrogens is 268 g/mol. The molecule has 0 aromatic heterocycles. The number of fused-ring (bicyclic) bond motifs is 1. The summed E-state index contributed by atoms with van der Waals surface area (Å²) in [5, 5.41) is 2.98. The van der Waals surface area contributed by atoms with Crippen LogP contribution in [0.5, 0.6) is 11.5 Å². The Hall–Kier alpha value is -1.75. The highest BCUT2D eigenvalue weighted by Crippen LogP contribution is 2.31. The summed E-state index contributed by atoms with van der Waals surface area (Å²) in [6, 6.07) is 5.73. The van der Waals surface area contributed by atoms with E-state index in [1.54, 1.807) is 0 Å². The maximum absolute atomic E-state index is 12.4. The zero-order valence-electron chi connectivity index (χ0n) is 12.8. The summed E-state index contributed by atoms with van der Waals surface area (Å²) in [7, 11) is 0. The van der Waals surface area contributed by atoms with Crippen molar-refractivity contribution < 1.29 is 14.3 Å². The number of hydrogen-bond donors (Lipinski definition) is 2. The molecule has 0 atom stereocenters. The van der Waals surface area contributed by atoms with E-state index in [9.17, 15) is 4.79 Å². The fraction of sp³-hybridized carbons (Fsp3) is 0.562. The minimum absolute atomic E-state index is 0.0184. The monoisotopic (exact) mass is 292 g/mol. The third kappa shape index (κ3) is 3.29. The molecule has 0 radical (unpaired) electrons. The SMILES string of the molecule is CCC(CC)(CN)C(=O)NCc1ccc2c(c1)OCCO2. The van der Waals surface area contributed by atoms with Gasteiger partial charge >= 0.3 is 0 Å². The van der Waals surface area contributed by atoms with Gasteiger partial charge in [0.2, 0.25) is 5.91 Å². The van der Waals surface area contributed by atoms with Crippen LogP contribution in [0.15, 0.2) is 18.2 Å². The standard InChI is InChI=1S/C16H24N2O3/c1-3-16(4-2,11-17)15(19)18-10-12-5-6-13-14(9-12)21-8-7-20-13/h5-6,9H,3-4,7-8,10-11,17H2,1-2H3,(H,18,19). The van der Waals surface area contributed by atoms with Gasteiger partial charge in [0.05, 0.1) is 5.41 Å². The Morgan fingerprint density at radius 2 is 1.90 bits per heavy atom. The summed E-state index contributed by atoms with van der Waals surface area (Å²) in [4.78, 5) is 12.4. The first-order valence-electron chi connectivity index (χ1n) is 7.52. The molecule has 1 aliphatic heterocycles. The molecule has 1 aliphatic rings. The summed E-state index contributed by atoms with van der Waals surface area (Å²) >= 11 is 0. The molecular formula is C16H24N2O3. The molecule has 21 heavy (non-hydrogen) atoms. The van der Waals surface area contributed by atoms with Crippen LogP contribution in [0.3, 0.4) is 0 Å². The Morgan fingerprint density at radius 1 is 1.24 bits per heavy atom. The molecule has 1 amide bonds. The van der Waals surface area contributed by atoms with E-state index in [4.69, 9.17) is 15.2 Å². The highest BCUT2D eigenvalue weighted by atomic mass is 16.6. The van der Waals surface area contributed by atoms with Crippen molar-refractivity contribution in [1.82, 2.24) is 5.32 Å². The van der Waals surface area contributed by atoms with Crippen molar-refractivity contribution in [2.45, 2.75) is 33.2 Å². The van der Waals surface area contributed by atoms with E-state index in [0.717, 1.165) is 29.9 Å². The van der Waals surface area contributed by atoms with Gasteiger partial charge in [-0.15, -0.1) is 0 Å². The quantitative estimate of drug-likeness (QED) is 0.839. The van der Waals surface area contributed by atoms with Crippen LogP contribution in [-0.4, -0.2) is 25.7 Å². The molecule has 3 N–H and O–H groups in total. The van der Waals surface area contributed by atoms with Gasteiger partial charge in [0.1, 0.15) is 13.2 Å². The molecule has 5 nitrogen and oxygen atoms in total. The fourth-order valence-corrected chi connectivity index (χ4v) is 2.52. The van der Waals surface area contributed by atoms with Gasteiger partial charge in [0.15, 0.2) is 11.5 Å². The number of ether oxygens (including phenoxy) is 2. The van der Waals surface area contributed by atoms with Gasteiger partial charge in [-0.05, 0) is 30.5 Å². The largest absolute Gasteiger partial charge is 0.486 e. The second-order valence-electron chi connectivity index (χ2n) is 5.35. The predicted molar refractivity (Wildman–Crippen MR) is 81.3 cm³/mol. The second kappa shape index (κ2) is 6.80. The summed E-state index contributed by atoms with van der Waals surface area (Å²) in [6.07, 6.45) is 1.49. The third-order valence-electron chi connectivity index (χ3n) is 4.29. The molecule has 2 rings (SSSR count). The van der Waals surface area contributed by atoms with Gasteiger partial charge < -0.3 is 20.5 Å². The predicted octanol–water partition coefficient (Wildman–Crippen LogP) is 1.84. The average molecular weight is 292 g/mol. The number of nitrogens with two attached hydrogens (primary N) is 1. The van der Waals surface area contributed by atoms with Crippen LogP contribution in [0.4, 0.5) is 0 Å². The molecule has 0 saturated heterocycles. The van der Waals surface area contributed by atoms with Gasteiger partial charge in [0.25, 0.3) is 0 Å². The van der Waals surface area contributed by atoms with Gasteiger partial charge in [-0.2, -0.15) is 0 Å². The highest BCUT2D eigenvalue weighted by molar-refractivity contribution is 5.82. The summed E-state index contributed by atoms with van der Waals surface area (Å²) in [5.74, 6) is 1.52. The minimum atomic E-state index is -0.464. The number of hydrogen-bond acceptors (Lipinski definition) is 4. The molecule has 0 unspecified atom stereocenters. The maximum atomic E-state index is 12.4. The maximum Gasteiger partial charge on any atom is 0.227 e. The van der Waals surface area contributed by atoms with Crippen LogP contribution in [0, 0.1) is 5.41 Å². The fourth-order valence-electron chi connectivity index (χ4n) is 2.52. The lowest BCUT2D eigenvalue weighted by Crippen LogP contribution is -2.45. The zero-order valence-corrected chi connectivity index (χ0v) is 12.8. The third-order valence-corrected chi connectivity index (χ3v) is 4.29. The number of amides is 1. The first kappa shape index (κ1) is 15.6. The van der Waals surface area contributed by atoms with E-state index in [0.29, 0.717) is 26.3 Å². The normalized spacial score (nSPS) is 13.9. The lowest BCUT2D eigenvalue weighted by atomic mass is 9.81. The molecule has 1 heterocycles. The first-order chi connectivity index (χ1) is 10.1. The molecule has 0 spiro atoms. The molecule has 0 fully saturated rings. The van der Waals surface area contributed by atoms with Crippen molar-refractivity contribution in [3.63, 3.8) is 0 Å². The molecule has 0 saturated carbocycles. The Morgan fingerprint density at radius 3 is 2.52 bits per heavy atom. The Balaban J connectivity index is 2.01. The Bertz CT molecular complexity index is 490. The zero-order chi connectivity index (χ0) is 15.3. The Labute approximate surface area is 125 Å². The molecule has 116 valence electrons. The highest BCUT2D eigenvalue weighted by Gasteiger charge is 2.32. The van der Waals surface area contributed by atoms with Crippen molar-refractivity contribution in [3.05, 3.63) is 23.8 Å². The van der Waals surface area contributed by atoms with Gasteiger partial charge in [-0.25, -0.2) is 0 Å². The lowest BCUT2D eigenvalue weighted by molar-refractivity contribution is -0.131. The minimum Gasteiger partial charge on any atom is -0.486 e. The van der Waals surface area contributed by atoms with Crippen molar-refractivity contribution >= 4 is 5.91 Å². The van der Waals surface area contributed by atoms with E-state index < -0.39 is 5.41 Å². The van der Waals surface area contributed by atoms with Crippen molar-refractivity contribution in [3.8, 4) is 11.5 Å². The van der Waals surface area contributed by atoms with E-state index >= 15 is 0 Å².